The molecule has 2 aromatic carbocycles. The Morgan fingerprint density at radius 1 is 0.955 bits per heavy atom. The minimum atomic E-state index is -4.60. The first-order valence-corrected chi connectivity index (χ1v) is 8.46. The Bertz CT molecular complexity index is 976. The number of nitrogens with one attached hydrogen (secondary N) is 1. The lowest BCUT2D eigenvalue weighted by Gasteiger charge is -2.10. The minimum Gasteiger partial charge on any atom is -0.351 e. The van der Waals surface area contributed by atoms with Crippen LogP contribution >= 0.6 is 0 Å². The Morgan fingerprint density at radius 2 is 1.50 bits per heavy atom. The van der Waals surface area contributed by atoms with Crippen LogP contribution in [0.1, 0.15) is 0 Å². The van der Waals surface area contributed by atoms with E-state index in [9.17, 15) is 21.6 Å². The molecule has 2 rings (SSSR count). The molecule has 0 radical (unpaired) electrons. The maximum Gasteiger partial charge on any atom is 0.316 e. The fourth-order valence-electron chi connectivity index (χ4n) is 1.87. The van der Waals surface area contributed by atoms with Gasteiger partial charge in [-0.1, -0.05) is 6.07 Å². The maximum absolute atomic E-state index is 11.2. The summed E-state index contributed by atoms with van der Waals surface area (Å²) >= 11 is 0. The molecule has 22 heavy (non-hydrogen) atoms. The first-order valence-electron chi connectivity index (χ1n) is 5.58. The Balaban J connectivity index is 2.85. The number of primary amides is 1. The van der Waals surface area contributed by atoms with Crippen molar-refractivity contribution >= 4 is 42.7 Å². The van der Waals surface area contributed by atoms with Crippen LogP contribution in [0.4, 0.5) is 10.5 Å². The van der Waals surface area contributed by atoms with Crippen LogP contribution in [-0.2, 0) is 20.2 Å². The summed E-state index contributed by atoms with van der Waals surface area (Å²) in [6.07, 6.45) is 0. The molecule has 9 nitrogen and oxygen atoms in total. The number of fused-ring (bicyclic) bond motifs is 1. The monoisotopic (exact) mass is 346 g/mol. The van der Waals surface area contributed by atoms with Gasteiger partial charge in [0.05, 0.1) is 15.5 Å². The summed E-state index contributed by atoms with van der Waals surface area (Å²) in [4.78, 5) is 9.92. The summed E-state index contributed by atoms with van der Waals surface area (Å²) < 4.78 is 62.8. The second-order valence-electron chi connectivity index (χ2n) is 4.29. The highest BCUT2D eigenvalue weighted by atomic mass is 32.2. The van der Waals surface area contributed by atoms with Gasteiger partial charge in [-0.3, -0.25) is 9.11 Å². The maximum atomic E-state index is 11.2. The van der Waals surface area contributed by atoms with Crippen molar-refractivity contribution in [1.29, 1.82) is 0 Å². The second kappa shape index (κ2) is 5.21. The average Bonchev–Trinajstić information content (AvgIpc) is 2.35. The van der Waals surface area contributed by atoms with Crippen molar-refractivity contribution in [2.45, 2.75) is 9.79 Å². The second-order valence-corrected chi connectivity index (χ2v) is 7.14. The molecule has 2 aromatic rings. The van der Waals surface area contributed by atoms with Crippen LogP contribution in [0.15, 0.2) is 40.1 Å². The number of hydrogen-bond donors (Lipinski definition) is 4. The van der Waals surface area contributed by atoms with Crippen LogP contribution in [0.25, 0.3) is 10.8 Å². The number of rotatable bonds is 3. The number of anilines is 1. The molecule has 0 aromatic heterocycles. The van der Waals surface area contributed by atoms with Gasteiger partial charge in [0, 0.05) is 5.39 Å². The van der Waals surface area contributed by atoms with Crippen LogP contribution < -0.4 is 11.1 Å². The zero-order chi connectivity index (χ0) is 16.7. The predicted octanol–water partition coefficient (Wildman–Crippen LogP) is 0.824. The van der Waals surface area contributed by atoms with Gasteiger partial charge in [-0.25, -0.2) is 4.79 Å². The number of hydrogen-bond acceptors (Lipinski definition) is 5. The van der Waals surface area contributed by atoms with Crippen LogP contribution in [0.3, 0.4) is 0 Å². The lowest BCUT2D eigenvalue weighted by molar-refractivity contribution is 0.259. The zero-order valence-corrected chi connectivity index (χ0v) is 12.3. The molecule has 0 aliphatic rings. The zero-order valence-electron chi connectivity index (χ0n) is 10.7. The Morgan fingerprint density at radius 3 is 2.00 bits per heavy atom. The molecule has 0 heterocycles. The largest absolute Gasteiger partial charge is 0.351 e. The molecule has 0 unspecified atom stereocenters. The molecular weight excluding hydrogens is 336 g/mol. The van der Waals surface area contributed by atoms with E-state index < -0.39 is 36.1 Å². The summed E-state index contributed by atoms with van der Waals surface area (Å²) in [5.74, 6) is 0. The van der Waals surface area contributed by atoms with Gasteiger partial charge >= 0.3 is 6.03 Å². The standard InChI is InChI=1S/C11H10N2O7S2/c12-11(14)13-10-5-8(22(18,19)20)4-6-3-7(21(15,16)17)1-2-9(6)10/h1-5H,(H3,12,13,14)(H,15,16,17)(H,18,19,20). The summed E-state index contributed by atoms with van der Waals surface area (Å²) in [7, 11) is -9.11. The molecule has 0 saturated heterocycles. The smallest absolute Gasteiger partial charge is 0.316 e. The molecule has 118 valence electrons. The Hall–Kier alpha value is -2.21. The summed E-state index contributed by atoms with van der Waals surface area (Å²) in [5.41, 5.74) is 4.93. The quantitative estimate of drug-likeness (QED) is 0.597. The van der Waals surface area contributed by atoms with Crippen LogP contribution in [-0.4, -0.2) is 32.0 Å². The van der Waals surface area contributed by atoms with E-state index in [2.05, 4.69) is 5.32 Å². The van der Waals surface area contributed by atoms with Crippen LogP contribution in [0.5, 0.6) is 0 Å². The topological polar surface area (TPSA) is 164 Å². The molecule has 11 heteroatoms. The van der Waals surface area contributed by atoms with E-state index in [0.29, 0.717) is 0 Å². The highest BCUT2D eigenvalue weighted by molar-refractivity contribution is 7.86. The molecule has 0 saturated carbocycles. The van der Waals surface area contributed by atoms with E-state index in [-0.39, 0.29) is 16.5 Å². The number of benzene rings is 2. The van der Waals surface area contributed by atoms with Crippen molar-refractivity contribution in [3.8, 4) is 0 Å². The van der Waals surface area contributed by atoms with E-state index in [4.69, 9.17) is 14.8 Å². The summed E-state index contributed by atoms with van der Waals surface area (Å²) in [6, 6.07) is 4.29. The third kappa shape index (κ3) is 3.33. The Labute approximate surface area is 125 Å². The fraction of sp³-hybridized carbons (Fsp3) is 0. The first kappa shape index (κ1) is 16.2. The molecule has 0 aliphatic heterocycles. The van der Waals surface area contributed by atoms with E-state index >= 15 is 0 Å². The third-order valence-corrected chi connectivity index (χ3v) is 4.43. The lowest BCUT2D eigenvalue weighted by atomic mass is 10.1. The number of amides is 2. The van der Waals surface area contributed by atoms with Gasteiger partial charge in [-0.2, -0.15) is 16.8 Å². The molecule has 0 spiro atoms. The van der Waals surface area contributed by atoms with Gasteiger partial charge in [0.25, 0.3) is 20.2 Å². The van der Waals surface area contributed by atoms with Crippen molar-refractivity contribution in [2.24, 2.45) is 5.73 Å². The van der Waals surface area contributed by atoms with Gasteiger partial charge in [-0.05, 0) is 29.7 Å². The first-order chi connectivity index (χ1) is 9.98. The van der Waals surface area contributed by atoms with Gasteiger partial charge in [0.1, 0.15) is 0 Å². The van der Waals surface area contributed by atoms with Gasteiger partial charge in [0.2, 0.25) is 0 Å². The highest BCUT2D eigenvalue weighted by Crippen LogP contribution is 2.29. The van der Waals surface area contributed by atoms with Gasteiger partial charge in [-0.15, -0.1) is 0 Å². The van der Waals surface area contributed by atoms with Crippen molar-refractivity contribution in [1.82, 2.24) is 0 Å². The Kier molecular flexibility index (Phi) is 3.83. The molecule has 0 atom stereocenters. The fourth-order valence-corrected chi connectivity index (χ4v) is 2.92. The van der Waals surface area contributed by atoms with E-state index in [1.165, 1.54) is 6.07 Å². The SMILES string of the molecule is NC(=O)Nc1cc(S(=O)(=O)O)cc2cc(S(=O)(=O)O)ccc12. The van der Waals surface area contributed by atoms with Gasteiger partial charge in [0.15, 0.2) is 0 Å². The number of urea groups is 1. The molecule has 0 fully saturated rings. The van der Waals surface area contributed by atoms with Crippen molar-refractivity contribution in [2.75, 3.05) is 5.32 Å². The van der Waals surface area contributed by atoms with Crippen LogP contribution in [0.2, 0.25) is 0 Å². The number of carbonyl (C=O) groups is 1. The third-order valence-electron chi connectivity index (χ3n) is 2.75. The van der Waals surface area contributed by atoms with Crippen molar-refractivity contribution in [3.63, 3.8) is 0 Å². The molecule has 2 amide bonds. The van der Waals surface area contributed by atoms with E-state index in [1.807, 2.05) is 0 Å². The predicted molar refractivity (Wildman–Crippen MR) is 76.8 cm³/mol. The molecule has 5 N–H and O–H groups in total. The average molecular weight is 346 g/mol. The number of nitrogens with two attached hydrogens (primary N) is 1. The highest BCUT2D eigenvalue weighted by Gasteiger charge is 2.17. The van der Waals surface area contributed by atoms with Gasteiger partial charge < -0.3 is 11.1 Å². The molecular formula is C11H10N2O7S2. The van der Waals surface area contributed by atoms with Crippen molar-refractivity contribution < 1.29 is 30.7 Å². The minimum absolute atomic E-state index is 0.0421. The number of carbonyl (C=O) groups excluding carboxylic acids is 1. The summed E-state index contributed by atoms with van der Waals surface area (Å²) in [5, 5.41) is 2.48. The molecule has 0 aliphatic carbocycles. The lowest BCUT2D eigenvalue weighted by Crippen LogP contribution is -2.19. The normalized spacial score (nSPS) is 12.3. The van der Waals surface area contributed by atoms with E-state index in [0.717, 1.165) is 24.3 Å². The van der Waals surface area contributed by atoms with E-state index in [1.54, 1.807) is 0 Å². The van der Waals surface area contributed by atoms with Crippen LogP contribution in [0, 0.1) is 0 Å². The van der Waals surface area contributed by atoms with Crippen molar-refractivity contribution in [3.05, 3.63) is 30.3 Å². The summed E-state index contributed by atoms with van der Waals surface area (Å²) in [6.45, 7) is 0. The molecule has 0 bridgehead atoms.